The largest absolute Gasteiger partial charge is 0.228 e. The maximum atomic E-state index is 9.63. The lowest BCUT2D eigenvalue weighted by molar-refractivity contribution is 0.607. The second-order valence-electron chi connectivity index (χ2n) is 9.01. The maximum absolute atomic E-state index is 9.63. The van der Waals surface area contributed by atoms with Crippen LogP contribution in [-0.4, -0.2) is 9.97 Å². The predicted molar refractivity (Wildman–Crippen MR) is 138 cm³/mol. The number of benzene rings is 4. The van der Waals surface area contributed by atoms with Crippen molar-refractivity contribution in [2.45, 2.75) is 29.1 Å². The highest BCUT2D eigenvalue weighted by Crippen LogP contribution is 2.50. The summed E-state index contributed by atoms with van der Waals surface area (Å²) in [5.74, 6) is 0.720. The van der Waals surface area contributed by atoms with Crippen molar-refractivity contribution in [1.29, 1.82) is 5.26 Å². The fraction of sp³-hybridized carbons (Fsp3) is 0.100. The highest BCUT2D eigenvalue weighted by atomic mass is 32.2. The van der Waals surface area contributed by atoms with Crippen LogP contribution in [-0.2, 0) is 5.41 Å². The molecule has 0 N–H and O–H groups in total. The number of para-hydroxylation sites is 1. The summed E-state index contributed by atoms with van der Waals surface area (Å²) in [5.41, 5.74) is 6.86. The first-order chi connectivity index (χ1) is 16.6. The summed E-state index contributed by atoms with van der Waals surface area (Å²) < 4.78 is 0. The Morgan fingerprint density at radius 1 is 0.765 bits per heavy atom. The number of aromatic nitrogens is 2. The molecule has 1 aliphatic heterocycles. The molecule has 0 radical (unpaired) electrons. The molecule has 0 saturated heterocycles. The molecule has 1 aliphatic rings. The van der Waals surface area contributed by atoms with Gasteiger partial charge in [-0.15, -0.1) is 0 Å². The lowest BCUT2D eigenvalue weighted by Gasteiger charge is -2.35. The quantitative estimate of drug-likeness (QED) is 0.275. The number of nitriles is 1. The third-order valence-corrected chi connectivity index (χ3v) is 7.80. The molecule has 0 aliphatic carbocycles. The molecule has 3 nitrogen and oxygen atoms in total. The zero-order valence-corrected chi connectivity index (χ0v) is 19.7. The molecular formula is C30H21N3S. The van der Waals surface area contributed by atoms with Gasteiger partial charge in [-0.1, -0.05) is 92.3 Å². The lowest BCUT2D eigenvalue weighted by atomic mass is 9.76. The van der Waals surface area contributed by atoms with Crippen LogP contribution in [0.3, 0.4) is 0 Å². The third-order valence-electron chi connectivity index (χ3n) is 6.58. The molecule has 4 aromatic carbocycles. The van der Waals surface area contributed by atoms with E-state index in [1.54, 1.807) is 11.8 Å². The van der Waals surface area contributed by atoms with Gasteiger partial charge in [-0.05, 0) is 35.4 Å². The minimum absolute atomic E-state index is 0.238. The Balaban J connectivity index is 1.54. The summed E-state index contributed by atoms with van der Waals surface area (Å²) in [6.07, 6.45) is 0. The first-order valence-electron chi connectivity index (χ1n) is 11.2. The molecule has 1 aromatic heterocycles. The van der Waals surface area contributed by atoms with E-state index in [0.29, 0.717) is 0 Å². The van der Waals surface area contributed by atoms with Gasteiger partial charge in [-0.3, -0.25) is 0 Å². The molecule has 0 saturated carbocycles. The summed E-state index contributed by atoms with van der Waals surface area (Å²) in [4.78, 5) is 12.2. The Labute approximate surface area is 203 Å². The second-order valence-corrected chi connectivity index (χ2v) is 10.1. The third kappa shape index (κ3) is 3.21. The van der Waals surface area contributed by atoms with Crippen LogP contribution in [0.4, 0.5) is 0 Å². The summed E-state index contributed by atoms with van der Waals surface area (Å²) in [6.45, 7) is 4.46. The molecule has 4 heteroatoms. The van der Waals surface area contributed by atoms with E-state index in [2.05, 4.69) is 62.4 Å². The predicted octanol–water partition coefficient (Wildman–Crippen LogP) is 7.63. The van der Waals surface area contributed by atoms with Gasteiger partial charge in [0.1, 0.15) is 6.07 Å². The van der Waals surface area contributed by atoms with Crippen LogP contribution in [0.5, 0.6) is 0 Å². The van der Waals surface area contributed by atoms with Crippen molar-refractivity contribution in [1.82, 2.24) is 9.97 Å². The molecule has 0 spiro atoms. The summed E-state index contributed by atoms with van der Waals surface area (Å²) >= 11 is 1.68. The van der Waals surface area contributed by atoms with Crippen LogP contribution in [0, 0.1) is 11.3 Å². The van der Waals surface area contributed by atoms with Crippen LogP contribution < -0.4 is 0 Å². The van der Waals surface area contributed by atoms with Crippen LogP contribution in [0.25, 0.3) is 33.5 Å². The molecule has 6 rings (SSSR count). The van der Waals surface area contributed by atoms with Gasteiger partial charge >= 0.3 is 0 Å². The standard InChI is InChI=1S/C30H21N3S/c1-30(2)23-13-8-11-21(18-31)28(23)34-26-16-15-20(17-24(26)30)29-32-25-14-7-6-12-22(25)27(33-29)19-9-4-3-5-10-19/h3-17H,1-2H3. The molecule has 0 fully saturated rings. The lowest BCUT2D eigenvalue weighted by Crippen LogP contribution is -2.24. The number of fused-ring (bicyclic) bond motifs is 3. The molecule has 34 heavy (non-hydrogen) atoms. The Bertz CT molecular complexity index is 1610. The fourth-order valence-corrected chi connectivity index (χ4v) is 6.19. The van der Waals surface area contributed by atoms with Crippen molar-refractivity contribution in [3.05, 3.63) is 108 Å². The number of hydrogen-bond acceptors (Lipinski definition) is 4. The summed E-state index contributed by atoms with van der Waals surface area (Å²) in [7, 11) is 0. The second kappa shape index (κ2) is 7.83. The van der Waals surface area contributed by atoms with E-state index in [0.717, 1.165) is 44.0 Å². The van der Waals surface area contributed by atoms with E-state index >= 15 is 0 Å². The van der Waals surface area contributed by atoms with Gasteiger partial charge < -0.3 is 0 Å². The van der Waals surface area contributed by atoms with Crippen molar-refractivity contribution < 1.29 is 0 Å². The van der Waals surface area contributed by atoms with Crippen LogP contribution in [0.2, 0.25) is 0 Å². The summed E-state index contributed by atoms with van der Waals surface area (Å²) in [6, 6.07) is 33.3. The molecule has 0 atom stereocenters. The Morgan fingerprint density at radius 3 is 2.38 bits per heavy atom. The van der Waals surface area contributed by atoms with Gasteiger partial charge in [-0.2, -0.15) is 5.26 Å². The maximum Gasteiger partial charge on any atom is 0.160 e. The normalized spacial score (nSPS) is 13.7. The van der Waals surface area contributed by atoms with Crippen molar-refractivity contribution >= 4 is 22.7 Å². The average molecular weight is 456 g/mol. The molecule has 0 unspecified atom stereocenters. The van der Waals surface area contributed by atoms with Crippen molar-refractivity contribution in [2.75, 3.05) is 0 Å². The van der Waals surface area contributed by atoms with Gasteiger partial charge in [0.15, 0.2) is 5.82 Å². The van der Waals surface area contributed by atoms with Gasteiger partial charge in [0.05, 0.1) is 16.8 Å². The monoisotopic (exact) mass is 455 g/mol. The minimum atomic E-state index is -0.238. The fourth-order valence-electron chi connectivity index (χ4n) is 4.75. The van der Waals surface area contributed by atoms with Crippen molar-refractivity contribution in [3.8, 4) is 28.7 Å². The van der Waals surface area contributed by atoms with E-state index in [1.165, 1.54) is 16.0 Å². The van der Waals surface area contributed by atoms with Crippen LogP contribution >= 0.6 is 11.8 Å². The Morgan fingerprint density at radius 2 is 1.56 bits per heavy atom. The van der Waals surface area contributed by atoms with E-state index in [4.69, 9.17) is 9.97 Å². The molecule has 5 aromatic rings. The van der Waals surface area contributed by atoms with Crippen molar-refractivity contribution in [2.24, 2.45) is 0 Å². The number of hydrogen-bond donors (Lipinski definition) is 0. The van der Waals surface area contributed by atoms with E-state index in [9.17, 15) is 5.26 Å². The minimum Gasteiger partial charge on any atom is -0.228 e. The molecule has 162 valence electrons. The van der Waals surface area contributed by atoms with Crippen LogP contribution in [0.15, 0.2) is 101 Å². The van der Waals surface area contributed by atoms with E-state index < -0.39 is 0 Å². The van der Waals surface area contributed by atoms with Gasteiger partial charge in [0.2, 0.25) is 0 Å². The number of rotatable bonds is 2. The summed E-state index contributed by atoms with van der Waals surface area (Å²) in [5, 5.41) is 10.7. The Hall–Kier alpha value is -3.94. The molecule has 0 amide bonds. The van der Waals surface area contributed by atoms with Crippen molar-refractivity contribution in [3.63, 3.8) is 0 Å². The smallest absolute Gasteiger partial charge is 0.160 e. The van der Waals surface area contributed by atoms with Crippen LogP contribution in [0.1, 0.15) is 30.5 Å². The van der Waals surface area contributed by atoms with Gasteiger partial charge in [0, 0.05) is 31.7 Å². The Kier molecular flexibility index (Phi) is 4.76. The highest BCUT2D eigenvalue weighted by molar-refractivity contribution is 7.99. The van der Waals surface area contributed by atoms with Gasteiger partial charge in [0.25, 0.3) is 0 Å². The SMILES string of the molecule is CC1(C)c2cc(-c3nc(-c4ccccc4)c4ccccc4n3)ccc2Sc2c(C#N)cccc21. The highest BCUT2D eigenvalue weighted by Gasteiger charge is 2.34. The first-order valence-corrected chi connectivity index (χ1v) is 12.1. The number of nitrogens with zero attached hydrogens (tertiary/aromatic N) is 3. The molecule has 2 heterocycles. The first kappa shape index (κ1) is 20.7. The van der Waals surface area contributed by atoms with E-state index in [-0.39, 0.29) is 5.41 Å². The topological polar surface area (TPSA) is 49.6 Å². The zero-order valence-electron chi connectivity index (χ0n) is 18.9. The van der Waals surface area contributed by atoms with E-state index in [1.807, 2.05) is 48.5 Å². The molecular weight excluding hydrogens is 434 g/mol. The molecule has 0 bridgehead atoms. The average Bonchev–Trinajstić information content (AvgIpc) is 2.88. The van der Waals surface area contributed by atoms with Gasteiger partial charge in [-0.25, -0.2) is 9.97 Å². The zero-order chi connectivity index (χ0) is 23.3.